The first-order chi connectivity index (χ1) is 6.69. The second-order valence-electron chi connectivity index (χ2n) is 3.55. The Morgan fingerprint density at radius 2 is 2.14 bits per heavy atom. The van der Waals surface area contributed by atoms with Gasteiger partial charge in [-0.25, -0.2) is 0 Å². The van der Waals surface area contributed by atoms with Crippen LogP contribution in [0.4, 0.5) is 0 Å². The van der Waals surface area contributed by atoms with Gasteiger partial charge in [0.1, 0.15) is 0 Å². The summed E-state index contributed by atoms with van der Waals surface area (Å²) in [5, 5.41) is 2.73. The first-order valence-electron chi connectivity index (χ1n) is 5.24. The van der Waals surface area contributed by atoms with E-state index in [1.807, 2.05) is 13.8 Å². The van der Waals surface area contributed by atoms with E-state index in [1.54, 1.807) is 4.90 Å². The van der Waals surface area contributed by atoms with Gasteiger partial charge < -0.3 is 10.2 Å². The summed E-state index contributed by atoms with van der Waals surface area (Å²) in [6.07, 6.45) is 1.14. The van der Waals surface area contributed by atoms with Crippen LogP contribution in [0.1, 0.15) is 26.7 Å². The standard InChI is InChI=1S/C10H18N2O2/c1-3-12(4-2)10(14)8-5-6-11-9(13)7-8/h8H,3-7H2,1-2H3,(H,11,13). The Bertz CT molecular complexity index is 224. The molecule has 0 spiro atoms. The highest BCUT2D eigenvalue weighted by Crippen LogP contribution is 2.15. The number of nitrogens with zero attached hydrogens (tertiary/aromatic N) is 1. The van der Waals surface area contributed by atoms with Crippen molar-refractivity contribution < 1.29 is 9.59 Å². The van der Waals surface area contributed by atoms with E-state index < -0.39 is 0 Å². The van der Waals surface area contributed by atoms with Gasteiger partial charge in [-0.05, 0) is 20.3 Å². The summed E-state index contributed by atoms with van der Waals surface area (Å²) in [6.45, 7) is 6.02. The van der Waals surface area contributed by atoms with Crippen LogP contribution >= 0.6 is 0 Å². The van der Waals surface area contributed by atoms with Gasteiger partial charge in [-0.3, -0.25) is 9.59 Å². The molecular weight excluding hydrogens is 180 g/mol. The number of hydrogen-bond acceptors (Lipinski definition) is 2. The molecule has 4 nitrogen and oxygen atoms in total. The van der Waals surface area contributed by atoms with Crippen LogP contribution in [0.15, 0.2) is 0 Å². The number of rotatable bonds is 3. The van der Waals surface area contributed by atoms with Crippen molar-refractivity contribution in [1.82, 2.24) is 10.2 Å². The Balaban J connectivity index is 2.54. The molecule has 80 valence electrons. The summed E-state index contributed by atoms with van der Waals surface area (Å²) in [4.78, 5) is 24.7. The molecule has 0 bridgehead atoms. The topological polar surface area (TPSA) is 49.4 Å². The number of piperidine rings is 1. The van der Waals surface area contributed by atoms with E-state index >= 15 is 0 Å². The minimum atomic E-state index is -0.0938. The Kier molecular flexibility index (Phi) is 3.92. The van der Waals surface area contributed by atoms with Gasteiger partial charge >= 0.3 is 0 Å². The van der Waals surface area contributed by atoms with E-state index in [4.69, 9.17) is 0 Å². The minimum Gasteiger partial charge on any atom is -0.356 e. The van der Waals surface area contributed by atoms with E-state index in [0.29, 0.717) is 13.0 Å². The van der Waals surface area contributed by atoms with Gasteiger partial charge in [0.05, 0.1) is 0 Å². The Labute approximate surface area is 84.7 Å². The van der Waals surface area contributed by atoms with Crippen LogP contribution < -0.4 is 5.32 Å². The van der Waals surface area contributed by atoms with Gasteiger partial charge in [-0.2, -0.15) is 0 Å². The van der Waals surface area contributed by atoms with E-state index in [-0.39, 0.29) is 17.7 Å². The molecule has 1 aliphatic rings. The quantitative estimate of drug-likeness (QED) is 0.712. The van der Waals surface area contributed by atoms with Crippen molar-refractivity contribution in [2.75, 3.05) is 19.6 Å². The maximum atomic E-state index is 11.9. The molecule has 1 rings (SSSR count). The number of hydrogen-bond donors (Lipinski definition) is 1. The lowest BCUT2D eigenvalue weighted by Crippen LogP contribution is -2.43. The zero-order valence-corrected chi connectivity index (χ0v) is 8.88. The molecule has 1 atom stereocenters. The fraction of sp³-hybridized carbons (Fsp3) is 0.800. The van der Waals surface area contributed by atoms with Crippen LogP contribution in [0.3, 0.4) is 0 Å². The lowest BCUT2D eigenvalue weighted by molar-refractivity contribution is -0.139. The monoisotopic (exact) mass is 198 g/mol. The summed E-state index contributed by atoms with van der Waals surface area (Å²) in [6, 6.07) is 0. The molecule has 0 aromatic rings. The number of carbonyl (C=O) groups excluding carboxylic acids is 2. The van der Waals surface area contributed by atoms with Gasteiger partial charge in [0.15, 0.2) is 0 Å². The van der Waals surface area contributed by atoms with Crippen molar-refractivity contribution in [3.8, 4) is 0 Å². The Morgan fingerprint density at radius 3 is 2.64 bits per heavy atom. The minimum absolute atomic E-state index is 0.00163. The zero-order valence-electron chi connectivity index (χ0n) is 8.88. The number of nitrogens with one attached hydrogen (secondary N) is 1. The Hall–Kier alpha value is -1.06. The lowest BCUT2D eigenvalue weighted by atomic mass is 9.96. The highest BCUT2D eigenvalue weighted by Gasteiger charge is 2.27. The molecule has 1 saturated heterocycles. The largest absolute Gasteiger partial charge is 0.356 e. The smallest absolute Gasteiger partial charge is 0.226 e. The second kappa shape index (κ2) is 4.98. The van der Waals surface area contributed by atoms with Crippen molar-refractivity contribution >= 4 is 11.8 Å². The lowest BCUT2D eigenvalue weighted by Gasteiger charge is -2.27. The molecule has 0 aromatic carbocycles. The van der Waals surface area contributed by atoms with Crippen LogP contribution in [0.25, 0.3) is 0 Å². The number of amides is 2. The molecule has 1 N–H and O–H groups in total. The van der Waals surface area contributed by atoms with Gasteiger partial charge in [0.2, 0.25) is 11.8 Å². The van der Waals surface area contributed by atoms with Gasteiger partial charge in [-0.15, -0.1) is 0 Å². The maximum absolute atomic E-state index is 11.9. The van der Waals surface area contributed by atoms with Gasteiger partial charge in [0.25, 0.3) is 0 Å². The predicted molar refractivity (Wildman–Crippen MR) is 53.7 cm³/mol. The van der Waals surface area contributed by atoms with Gasteiger partial charge in [0, 0.05) is 32.0 Å². The average Bonchev–Trinajstić information content (AvgIpc) is 2.19. The Morgan fingerprint density at radius 1 is 1.50 bits per heavy atom. The maximum Gasteiger partial charge on any atom is 0.226 e. The SMILES string of the molecule is CCN(CC)C(=O)C1CCNC(=O)C1. The fourth-order valence-corrected chi connectivity index (χ4v) is 1.79. The summed E-state index contributed by atoms with van der Waals surface area (Å²) >= 11 is 0. The summed E-state index contributed by atoms with van der Waals surface area (Å²) < 4.78 is 0. The van der Waals surface area contributed by atoms with Crippen LogP contribution in [-0.4, -0.2) is 36.3 Å². The molecule has 0 aliphatic carbocycles. The molecular formula is C10H18N2O2. The van der Waals surface area contributed by atoms with Crippen LogP contribution in [0.2, 0.25) is 0 Å². The third-order valence-electron chi connectivity index (χ3n) is 2.67. The zero-order chi connectivity index (χ0) is 10.6. The van der Waals surface area contributed by atoms with E-state index in [2.05, 4.69) is 5.32 Å². The van der Waals surface area contributed by atoms with Crippen LogP contribution in [0, 0.1) is 5.92 Å². The predicted octanol–water partition coefficient (Wildman–Crippen LogP) is 0.381. The molecule has 0 radical (unpaired) electrons. The van der Waals surface area contributed by atoms with E-state index in [0.717, 1.165) is 19.5 Å². The molecule has 1 aliphatic heterocycles. The number of carbonyl (C=O) groups is 2. The summed E-state index contributed by atoms with van der Waals surface area (Å²) in [5.74, 6) is 0.0373. The van der Waals surface area contributed by atoms with Crippen LogP contribution in [-0.2, 0) is 9.59 Å². The van der Waals surface area contributed by atoms with E-state index in [9.17, 15) is 9.59 Å². The van der Waals surface area contributed by atoms with E-state index in [1.165, 1.54) is 0 Å². The van der Waals surface area contributed by atoms with Crippen molar-refractivity contribution in [2.45, 2.75) is 26.7 Å². The summed E-state index contributed by atoms with van der Waals surface area (Å²) in [7, 11) is 0. The molecule has 1 fully saturated rings. The highest BCUT2D eigenvalue weighted by molar-refractivity contribution is 5.86. The first-order valence-corrected chi connectivity index (χ1v) is 5.24. The molecule has 1 unspecified atom stereocenters. The third kappa shape index (κ3) is 2.47. The molecule has 14 heavy (non-hydrogen) atoms. The summed E-state index contributed by atoms with van der Waals surface area (Å²) in [5.41, 5.74) is 0. The second-order valence-corrected chi connectivity index (χ2v) is 3.55. The molecule has 0 aromatic heterocycles. The van der Waals surface area contributed by atoms with Crippen molar-refractivity contribution in [2.24, 2.45) is 5.92 Å². The first kappa shape index (κ1) is 11.0. The highest BCUT2D eigenvalue weighted by atomic mass is 16.2. The molecule has 0 saturated carbocycles. The molecule has 1 heterocycles. The van der Waals surface area contributed by atoms with Crippen molar-refractivity contribution in [3.05, 3.63) is 0 Å². The normalized spacial score (nSPS) is 21.6. The van der Waals surface area contributed by atoms with Crippen LogP contribution in [0.5, 0.6) is 0 Å². The third-order valence-corrected chi connectivity index (χ3v) is 2.67. The molecule has 4 heteroatoms. The van der Waals surface area contributed by atoms with Crippen molar-refractivity contribution in [3.63, 3.8) is 0 Å². The molecule has 2 amide bonds. The van der Waals surface area contributed by atoms with Gasteiger partial charge in [-0.1, -0.05) is 0 Å². The fourth-order valence-electron chi connectivity index (χ4n) is 1.79. The average molecular weight is 198 g/mol. The van der Waals surface area contributed by atoms with Crippen molar-refractivity contribution in [1.29, 1.82) is 0 Å².